The summed E-state index contributed by atoms with van der Waals surface area (Å²) in [7, 11) is 0. The summed E-state index contributed by atoms with van der Waals surface area (Å²) >= 11 is 6.27. The first-order valence-electron chi connectivity index (χ1n) is 8.49. The highest BCUT2D eigenvalue weighted by atomic mass is 35.5. The predicted molar refractivity (Wildman–Crippen MR) is 101 cm³/mol. The van der Waals surface area contributed by atoms with Crippen LogP contribution in [0.5, 0.6) is 0 Å². The fourth-order valence-electron chi connectivity index (χ4n) is 3.24. The SMILES string of the molecule is Cc1ccc(-n2ncc(C(=O)NC3CCNC3)c2C2CC2)cc1Cl.Cl. The van der Waals surface area contributed by atoms with Gasteiger partial charge in [-0.2, -0.15) is 5.10 Å². The van der Waals surface area contributed by atoms with Crippen LogP contribution >= 0.6 is 24.0 Å². The molecular formula is C18H22Cl2N4O. The molecule has 5 nitrogen and oxygen atoms in total. The number of carbonyl (C=O) groups excluding carboxylic acids is 1. The zero-order valence-corrected chi connectivity index (χ0v) is 15.7. The van der Waals surface area contributed by atoms with Gasteiger partial charge in [0.15, 0.2) is 0 Å². The number of rotatable bonds is 4. The lowest BCUT2D eigenvalue weighted by molar-refractivity contribution is 0.0939. The Morgan fingerprint density at radius 3 is 2.80 bits per heavy atom. The van der Waals surface area contributed by atoms with Crippen molar-refractivity contribution >= 4 is 29.9 Å². The van der Waals surface area contributed by atoms with Crippen LogP contribution in [0.3, 0.4) is 0 Å². The van der Waals surface area contributed by atoms with Crippen LogP contribution in [0.25, 0.3) is 5.69 Å². The predicted octanol–water partition coefficient (Wildman–Crippen LogP) is 3.23. The molecule has 1 aliphatic carbocycles. The smallest absolute Gasteiger partial charge is 0.255 e. The zero-order valence-electron chi connectivity index (χ0n) is 14.1. The standard InChI is InChI=1S/C18H21ClN4O.ClH/c1-11-2-5-14(8-16(11)19)23-17(12-3-4-12)15(10-21-23)18(24)22-13-6-7-20-9-13;/h2,5,8,10,12-13,20H,3-4,6-7,9H2,1H3,(H,22,24);1H. The van der Waals surface area contributed by atoms with E-state index in [1.54, 1.807) is 6.20 Å². The molecule has 1 unspecified atom stereocenters. The molecule has 1 saturated heterocycles. The van der Waals surface area contributed by atoms with E-state index in [9.17, 15) is 4.79 Å². The molecule has 1 atom stereocenters. The van der Waals surface area contributed by atoms with Gasteiger partial charge in [0.2, 0.25) is 0 Å². The Hall–Kier alpha value is -1.56. The molecule has 2 heterocycles. The van der Waals surface area contributed by atoms with Crippen molar-refractivity contribution in [3.63, 3.8) is 0 Å². The zero-order chi connectivity index (χ0) is 16.7. The van der Waals surface area contributed by atoms with E-state index in [1.807, 2.05) is 29.8 Å². The largest absolute Gasteiger partial charge is 0.348 e. The molecule has 1 aromatic carbocycles. The lowest BCUT2D eigenvalue weighted by Crippen LogP contribution is -2.36. The Bertz CT molecular complexity index is 779. The summed E-state index contributed by atoms with van der Waals surface area (Å²) in [6, 6.07) is 6.11. The molecule has 4 rings (SSSR count). The highest BCUT2D eigenvalue weighted by molar-refractivity contribution is 6.31. The van der Waals surface area contributed by atoms with Crippen LogP contribution in [-0.4, -0.2) is 34.8 Å². The third-order valence-electron chi connectivity index (χ3n) is 4.81. The van der Waals surface area contributed by atoms with Crippen molar-refractivity contribution in [1.82, 2.24) is 20.4 Å². The van der Waals surface area contributed by atoms with E-state index in [2.05, 4.69) is 15.7 Å². The van der Waals surface area contributed by atoms with Crippen LogP contribution in [-0.2, 0) is 0 Å². The van der Waals surface area contributed by atoms with Crippen molar-refractivity contribution in [2.45, 2.75) is 38.1 Å². The third kappa shape index (κ3) is 3.68. The quantitative estimate of drug-likeness (QED) is 0.855. The van der Waals surface area contributed by atoms with Crippen molar-refractivity contribution in [1.29, 1.82) is 0 Å². The summed E-state index contributed by atoms with van der Waals surface area (Å²) in [5.74, 6) is 0.394. The minimum absolute atomic E-state index is 0. The van der Waals surface area contributed by atoms with Crippen LogP contribution in [0.2, 0.25) is 5.02 Å². The molecule has 1 saturated carbocycles. The number of amides is 1. The number of carbonyl (C=O) groups is 1. The lowest BCUT2D eigenvalue weighted by atomic mass is 10.1. The number of benzene rings is 1. The van der Waals surface area contributed by atoms with Gasteiger partial charge in [-0.3, -0.25) is 4.79 Å². The number of hydrogen-bond acceptors (Lipinski definition) is 3. The van der Waals surface area contributed by atoms with Gasteiger partial charge in [-0.25, -0.2) is 4.68 Å². The first kappa shape index (κ1) is 18.2. The van der Waals surface area contributed by atoms with Gasteiger partial charge >= 0.3 is 0 Å². The topological polar surface area (TPSA) is 59.0 Å². The minimum Gasteiger partial charge on any atom is -0.348 e. The number of aromatic nitrogens is 2. The van der Waals surface area contributed by atoms with Gasteiger partial charge in [-0.1, -0.05) is 17.7 Å². The number of aryl methyl sites for hydroxylation is 1. The molecule has 0 radical (unpaired) electrons. The molecule has 0 spiro atoms. The molecule has 0 bridgehead atoms. The van der Waals surface area contributed by atoms with Crippen molar-refractivity contribution < 1.29 is 4.79 Å². The second-order valence-electron chi connectivity index (χ2n) is 6.73. The normalized spacial score (nSPS) is 19.5. The van der Waals surface area contributed by atoms with Crippen LogP contribution in [0.1, 0.15) is 46.8 Å². The van der Waals surface area contributed by atoms with Crippen LogP contribution in [0.15, 0.2) is 24.4 Å². The number of nitrogens with zero attached hydrogens (tertiary/aromatic N) is 2. The molecule has 2 N–H and O–H groups in total. The van der Waals surface area contributed by atoms with E-state index in [0.29, 0.717) is 16.5 Å². The van der Waals surface area contributed by atoms with Crippen molar-refractivity contribution in [3.05, 3.63) is 46.2 Å². The molecule has 25 heavy (non-hydrogen) atoms. The fourth-order valence-corrected chi connectivity index (χ4v) is 3.42. The van der Waals surface area contributed by atoms with Crippen LogP contribution in [0.4, 0.5) is 0 Å². The van der Waals surface area contributed by atoms with Gasteiger partial charge in [0, 0.05) is 23.5 Å². The van der Waals surface area contributed by atoms with E-state index in [-0.39, 0.29) is 24.4 Å². The van der Waals surface area contributed by atoms with Gasteiger partial charge in [0.05, 0.1) is 23.1 Å². The van der Waals surface area contributed by atoms with Gasteiger partial charge in [-0.15, -0.1) is 12.4 Å². The van der Waals surface area contributed by atoms with Crippen LogP contribution < -0.4 is 10.6 Å². The second-order valence-corrected chi connectivity index (χ2v) is 7.13. The molecular weight excluding hydrogens is 359 g/mol. The average molecular weight is 381 g/mol. The highest BCUT2D eigenvalue weighted by Crippen LogP contribution is 2.42. The van der Waals surface area contributed by atoms with E-state index in [4.69, 9.17) is 11.6 Å². The molecule has 2 fully saturated rings. The van der Waals surface area contributed by atoms with E-state index in [0.717, 1.165) is 49.3 Å². The van der Waals surface area contributed by atoms with Gasteiger partial charge < -0.3 is 10.6 Å². The fraction of sp³-hybridized carbons (Fsp3) is 0.444. The Morgan fingerprint density at radius 2 is 2.16 bits per heavy atom. The summed E-state index contributed by atoms with van der Waals surface area (Å²) in [4.78, 5) is 12.7. The monoisotopic (exact) mass is 380 g/mol. The maximum Gasteiger partial charge on any atom is 0.255 e. The summed E-state index contributed by atoms with van der Waals surface area (Å²) in [6.45, 7) is 3.78. The maximum absolute atomic E-state index is 12.7. The molecule has 2 aromatic rings. The molecule has 2 aliphatic rings. The van der Waals surface area contributed by atoms with Crippen molar-refractivity contribution in [2.24, 2.45) is 0 Å². The summed E-state index contributed by atoms with van der Waals surface area (Å²) in [6.07, 6.45) is 4.89. The van der Waals surface area contributed by atoms with Gasteiger partial charge in [0.25, 0.3) is 5.91 Å². The molecule has 7 heteroatoms. The summed E-state index contributed by atoms with van der Waals surface area (Å²) in [5, 5.41) is 11.6. The Kier molecular flexibility index (Phi) is 5.37. The molecule has 134 valence electrons. The van der Waals surface area contributed by atoms with Gasteiger partial charge in [0.1, 0.15) is 0 Å². The number of nitrogens with one attached hydrogen (secondary N) is 2. The Morgan fingerprint density at radius 1 is 1.36 bits per heavy atom. The van der Waals surface area contributed by atoms with Crippen molar-refractivity contribution in [2.75, 3.05) is 13.1 Å². The minimum atomic E-state index is -0.0185. The molecule has 1 aromatic heterocycles. The number of hydrogen-bond donors (Lipinski definition) is 2. The molecule has 1 aliphatic heterocycles. The summed E-state index contributed by atoms with van der Waals surface area (Å²) < 4.78 is 1.88. The summed E-state index contributed by atoms with van der Waals surface area (Å²) in [5.41, 5.74) is 3.65. The van der Waals surface area contributed by atoms with Gasteiger partial charge in [-0.05, 0) is 50.4 Å². The Balaban J connectivity index is 0.00000182. The second kappa shape index (κ2) is 7.36. The Labute approximate surface area is 158 Å². The van der Waals surface area contributed by atoms with E-state index >= 15 is 0 Å². The molecule has 1 amide bonds. The van der Waals surface area contributed by atoms with Crippen molar-refractivity contribution in [3.8, 4) is 5.69 Å². The van der Waals surface area contributed by atoms with Crippen LogP contribution in [0, 0.1) is 6.92 Å². The van der Waals surface area contributed by atoms with E-state index in [1.165, 1.54) is 0 Å². The average Bonchev–Trinajstić information content (AvgIpc) is 3.09. The first-order chi connectivity index (χ1) is 11.6. The van der Waals surface area contributed by atoms with E-state index < -0.39 is 0 Å². The number of halogens is 2. The maximum atomic E-state index is 12.7. The highest BCUT2D eigenvalue weighted by Gasteiger charge is 2.33. The lowest BCUT2D eigenvalue weighted by Gasteiger charge is -2.13. The first-order valence-corrected chi connectivity index (χ1v) is 8.87. The third-order valence-corrected chi connectivity index (χ3v) is 5.22.